The van der Waals surface area contributed by atoms with E-state index in [2.05, 4.69) is 9.80 Å². The number of hydrogen-bond donors (Lipinski definition) is 1. The highest BCUT2D eigenvalue weighted by molar-refractivity contribution is 6.30. The van der Waals surface area contributed by atoms with Gasteiger partial charge in [-0.1, -0.05) is 23.7 Å². The number of benzene rings is 1. The lowest BCUT2D eigenvalue weighted by Crippen LogP contribution is -2.39. The van der Waals surface area contributed by atoms with Gasteiger partial charge in [0.1, 0.15) is 0 Å². The Morgan fingerprint density at radius 3 is 2.65 bits per heavy atom. The van der Waals surface area contributed by atoms with E-state index >= 15 is 0 Å². The van der Waals surface area contributed by atoms with Gasteiger partial charge >= 0.3 is 0 Å². The number of likely N-dealkylation sites (N-methyl/N-ethyl adjacent to an activating group) is 1. The van der Waals surface area contributed by atoms with Crippen molar-refractivity contribution >= 4 is 17.5 Å². The Hall–Kier alpha value is -1.14. The van der Waals surface area contributed by atoms with Gasteiger partial charge in [-0.25, -0.2) is 0 Å². The Balaban J connectivity index is 1.84. The van der Waals surface area contributed by atoms with E-state index in [1.165, 1.54) is 0 Å². The number of carbonyl (C=O) groups excluding carboxylic acids is 1. The number of rotatable bonds is 5. The van der Waals surface area contributed by atoms with Crippen molar-refractivity contribution in [3.63, 3.8) is 0 Å². The number of aliphatic hydroxyl groups excluding tert-OH is 1. The van der Waals surface area contributed by atoms with Crippen molar-refractivity contribution in [1.82, 2.24) is 14.7 Å². The van der Waals surface area contributed by atoms with Crippen molar-refractivity contribution in [3.05, 3.63) is 34.9 Å². The number of nitrogens with zero attached hydrogens (tertiary/aromatic N) is 3. The zero-order valence-corrected chi connectivity index (χ0v) is 14.7. The minimum atomic E-state index is -0.538. The Labute approximate surface area is 143 Å². The molecule has 0 aliphatic carbocycles. The second kappa shape index (κ2) is 8.64. The average molecular weight is 340 g/mol. The predicted octanol–water partition coefficient (Wildman–Crippen LogP) is 1.47. The molecule has 1 unspecified atom stereocenters. The van der Waals surface area contributed by atoms with E-state index in [4.69, 9.17) is 11.6 Å². The van der Waals surface area contributed by atoms with Crippen molar-refractivity contribution < 1.29 is 9.90 Å². The third kappa shape index (κ3) is 5.77. The number of β-amino-alcohol motifs (C(OH)–C–C–N with tert-alkyl or cyclic N) is 1. The van der Waals surface area contributed by atoms with E-state index in [0.717, 1.165) is 38.2 Å². The van der Waals surface area contributed by atoms with Crippen molar-refractivity contribution in [1.29, 1.82) is 0 Å². The first-order valence-corrected chi connectivity index (χ1v) is 8.42. The van der Waals surface area contributed by atoms with Crippen LogP contribution >= 0.6 is 11.6 Å². The molecule has 1 amide bonds. The Kier molecular flexibility index (Phi) is 6.84. The Morgan fingerprint density at radius 2 is 1.96 bits per heavy atom. The molecule has 0 saturated carbocycles. The van der Waals surface area contributed by atoms with Crippen LogP contribution in [-0.2, 0) is 4.79 Å². The first-order valence-electron chi connectivity index (χ1n) is 8.04. The van der Waals surface area contributed by atoms with Gasteiger partial charge in [0.15, 0.2) is 0 Å². The fourth-order valence-corrected chi connectivity index (χ4v) is 2.96. The smallest absolute Gasteiger partial charge is 0.236 e. The van der Waals surface area contributed by atoms with Gasteiger partial charge in [-0.05, 0) is 37.2 Å². The zero-order chi connectivity index (χ0) is 16.8. The lowest BCUT2D eigenvalue weighted by molar-refractivity contribution is -0.129. The molecule has 23 heavy (non-hydrogen) atoms. The van der Waals surface area contributed by atoms with Gasteiger partial charge in [-0.15, -0.1) is 0 Å². The van der Waals surface area contributed by atoms with Gasteiger partial charge in [-0.3, -0.25) is 14.6 Å². The molecule has 1 aliphatic heterocycles. The topological polar surface area (TPSA) is 47.0 Å². The number of hydrogen-bond acceptors (Lipinski definition) is 4. The van der Waals surface area contributed by atoms with E-state index < -0.39 is 6.10 Å². The summed E-state index contributed by atoms with van der Waals surface area (Å²) in [6.45, 7) is 4.63. The fraction of sp³-hybridized carbons (Fsp3) is 0.588. The van der Waals surface area contributed by atoms with Crippen LogP contribution in [0.5, 0.6) is 0 Å². The highest BCUT2D eigenvalue weighted by Crippen LogP contribution is 2.19. The number of amides is 1. The molecule has 1 saturated heterocycles. The molecule has 1 aliphatic rings. The average Bonchev–Trinajstić information content (AvgIpc) is 2.72. The third-order valence-electron chi connectivity index (χ3n) is 4.20. The lowest BCUT2D eigenvalue weighted by Gasteiger charge is -2.24. The summed E-state index contributed by atoms with van der Waals surface area (Å²) >= 11 is 5.98. The van der Waals surface area contributed by atoms with Crippen LogP contribution in [0.2, 0.25) is 5.02 Å². The van der Waals surface area contributed by atoms with Gasteiger partial charge in [0.25, 0.3) is 0 Å². The third-order valence-corrected chi connectivity index (χ3v) is 4.44. The normalized spacial score (nSPS) is 18.4. The van der Waals surface area contributed by atoms with Crippen LogP contribution in [0.1, 0.15) is 18.1 Å². The fourth-order valence-electron chi connectivity index (χ4n) is 2.76. The lowest BCUT2D eigenvalue weighted by atomic mass is 10.1. The molecule has 2 rings (SSSR count). The molecular weight excluding hydrogens is 314 g/mol. The maximum Gasteiger partial charge on any atom is 0.236 e. The van der Waals surface area contributed by atoms with E-state index in [1.807, 2.05) is 24.3 Å². The highest BCUT2D eigenvalue weighted by Gasteiger charge is 2.20. The molecule has 1 atom stereocenters. The molecular formula is C17H26ClN3O2. The van der Waals surface area contributed by atoms with Gasteiger partial charge in [0.2, 0.25) is 5.91 Å². The molecule has 0 spiro atoms. The summed E-state index contributed by atoms with van der Waals surface area (Å²) in [5.74, 6) is 0.136. The molecule has 1 fully saturated rings. The monoisotopic (exact) mass is 339 g/mol. The van der Waals surface area contributed by atoms with Crippen LogP contribution < -0.4 is 0 Å². The molecule has 0 radical (unpaired) electrons. The minimum absolute atomic E-state index is 0.136. The molecule has 1 aromatic rings. The summed E-state index contributed by atoms with van der Waals surface area (Å²) in [6, 6.07) is 7.38. The molecule has 0 aromatic heterocycles. The van der Waals surface area contributed by atoms with Gasteiger partial charge in [0.05, 0.1) is 12.6 Å². The standard InChI is InChI=1S/C17H26ClN3O2/c1-19(2)17(23)13-21-8-4-7-20(9-10-21)12-16(22)14-5-3-6-15(18)11-14/h3,5-6,11,16,22H,4,7-10,12-13H2,1-2H3. The Morgan fingerprint density at radius 1 is 1.26 bits per heavy atom. The van der Waals surface area contributed by atoms with Crippen molar-refractivity contribution in [2.24, 2.45) is 0 Å². The summed E-state index contributed by atoms with van der Waals surface area (Å²) in [7, 11) is 3.57. The van der Waals surface area contributed by atoms with Crippen LogP contribution in [0, 0.1) is 0 Å². The SMILES string of the molecule is CN(C)C(=O)CN1CCCN(CC(O)c2cccc(Cl)c2)CC1. The highest BCUT2D eigenvalue weighted by atomic mass is 35.5. The van der Waals surface area contributed by atoms with E-state index in [-0.39, 0.29) is 5.91 Å². The van der Waals surface area contributed by atoms with Crippen LogP contribution in [0.4, 0.5) is 0 Å². The van der Waals surface area contributed by atoms with Crippen LogP contribution in [-0.4, -0.2) is 79.1 Å². The van der Waals surface area contributed by atoms with Crippen molar-refractivity contribution in [2.75, 3.05) is 53.4 Å². The zero-order valence-electron chi connectivity index (χ0n) is 13.9. The maximum absolute atomic E-state index is 11.8. The molecule has 5 nitrogen and oxygen atoms in total. The van der Waals surface area contributed by atoms with E-state index in [9.17, 15) is 9.90 Å². The predicted molar refractivity (Wildman–Crippen MR) is 92.6 cm³/mol. The van der Waals surface area contributed by atoms with Crippen molar-refractivity contribution in [2.45, 2.75) is 12.5 Å². The number of halogens is 1. The summed E-state index contributed by atoms with van der Waals surface area (Å²) in [6.07, 6.45) is 0.465. The van der Waals surface area contributed by atoms with Crippen LogP contribution in [0.25, 0.3) is 0 Å². The summed E-state index contributed by atoms with van der Waals surface area (Å²) in [5, 5.41) is 11.0. The maximum atomic E-state index is 11.8. The van der Waals surface area contributed by atoms with Gasteiger partial charge in [-0.2, -0.15) is 0 Å². The molecule has 6 heteroatoms. The molecule has 128 valence electrons. The van der Waals surface area contributed by atoms with E-state index in [1.54, 1.807) is 19.0 Å². The van der Waals surface area contributed by atoms with Crippen LogP contribution in [0.15, 0.2) is 24.3 Å². The van der Waals surface area contributed by atoms with E-state index in [0.29, 0.717) is 18.1 Å². The first-order chi connectivity index (χ1) is 11.0. The van der Waals surface area contributed by atoms with Gasteiger partial charge < -0.3 is 10.0 Å². The molecule has 1 N–H and O–H groups in total. The molecule has 1 heterocycles. The van der Waals surface area contributed by atoms with Gasteiger partial charge in [0, 0.05) is 38.8 Å². The number of carbonyl (C=O) groups is 1. The molecule has 0 bridgehead atoms. The van der Waals surface area contributed by atoms with Crippen LogP contribution in [0.3, 0.4) is 0 Å². The second-order valence-corrected chi connectivity index (χ2v) is 6.73. The summed E-state index contributed by atoms with van der Waals surface area (Å²) in [5.41, 5.74) is 0.849. The summed E-state index contributed by atoms with van der Waals surface area (Å²) < 4.78 is 0. The second-order valence-electron chi connectivity index (χ2n) is 6.29. The first kappa shape index (κ1) is 18.2. The largest absolute Gasteiger partial charge is 0.387 e. The summed E-state index contributed by atoms with van der Waals surface area (Å²) in [4.78, 5) is 17.9. The minimum Gasteiger partial charge on any atom is -0.387 e. The molecule has 1 aromatic carbocycles. The Bertz CT molecular complexity index is 524. The van der Waals surface area contributed by atoms with Crippen molar-refractivity contribution in [3.8, 4) is 0 Å². The number of aliphatic hydroxyl groups is 1. The quantitative estimate of drug-likeness (QED) is 0.882.